The van der Waals surface area contributed by atoms with E-state index >= 15 is 0 Å². The fraction of sp³-hybridized carbons (Fsp3) is 0.0339. The van der Waals surface area contributed by atoms with Gasteiger partial charge in [0.05, 0.1) is 23.3 Å². The van der Waals surface area contributed by atoms with Crippen molar-refractivity contribution in [3.63, 3.8) is 0 Å². The molecule has 3 aromatic heterocycles. The first-order valence-electron chi connectivity index (χ1n) is 22.1. The van der Waals surface area contributed by atoms with Gasteiger partial charge in [-0.15, -0.1) is 11.3 Å². The van der Waals surface area contributed by atoms with Crippen LogP contribution in [0.25, 0.3) is 125 Å². The lowest BCUT2D eigenvalue weighted by molar-refractivity contribution is 0.330. The summed E-state index contributed by atoms with van der Waals surface area (Å²) in [5.74, 6) is 2.76. The smallest absolute Gasteiger partial charge is 0.166 e. The number of para-hydroxylation sites is 1. The van der Waals surface area contributed by atoms with Crippen molar-refractivity contribution < 1.29 is 4.74 Å². The summed E-state index contributed by atoms with van der Waals surface area (Å²) in [7, 11) is 0. The summed E-state index contributed by atoms with van der Waals surface area (Å²) in [6.45, 7) is 0.562. The summed E-state index contributed by atoms with van der Waals surface area (Å²) < 4.78 is 11.6. The molecule has 0 atom stereocenters. The molecule has 13 aromatic rings. The second-order valence-electron chi connectivity index (χ2n) is 17.0. The van der Waals surface area contributed by atoms with E-state index in [-0.39, 0.29) is 0 Å². The van der Waals surface area contributed by atoms with E-state index in [1.807, 2.05) is 0 Å². The highest BCUT2D eigenvalue weighted by Crippen LogP contribution is 2.46. The van der Waals surface area contributed by atoms with E-state index in [1.54, 1.807) is 11.3 Å². The second-order valence-corrected chi connectivity index (χ2v) is 18.1. The zero-order valence-corrected chi connectivity index (χ0v) is 35.8. The molecule has 1 aliphatic rings. The number of hydrogen-bond acceptors (Lipinski definition) is 5. The molecule has 1 aliphatic heterocycles. The Labute approximate surface area is 377 Å². The van der Waals surface area contributed by atoms with Gasteiger partial charge in [-0.3, -0.25) is 0 Å². The number of aromatic nitrogens is 4. The van der Waals surface area contributed by atoms with Gasteiger partial charge in [-0.1, -0.05) is 146 Å². The Hall–Kier alpha value is -8.19. The van der Waals surface area contributed by atoms with Crippen molar-refractivity contribution in [3.8, 4) is 56.7 Å². The number of rotatable bonds is 4. The molecule has 0 saturated heterocycles. The Kier molecular flexibility index (Phi) is 7.91. The lowest BCUT2D eigenvalue weighted by Crippen LogP contribution is -2.06. The van der Waals surface area contributed by atoms with Gasteiger partial charge in [0.1, 0.15) is 5.75 Å². The van der Waals surface area contributed by atoms with Crippen LogP contribution in [0.15, 0.2) is 194 Å². The molecular formula is C59H36N4OS. The Balaban J connectivity index is 1.09. The molecule has 0 radical (unpaired) electrons. The number of benzene rings is 10. The van der Waals surface area contributed by atoms with Crippen molar-refractivity contribution in [1.82, 2.24) is 19.5 Å². The van der Waals surface area contributed by atoms with E-state index < -0.39 is 0 Å². The minimum atomic E-state index is 0.562. The van der Waals surface area contributed by atoms with Crippen molar-refractivity contribution in [2.45, 2.75) is 6.42 Å². The van der Waals surface area contributed by atoms with Crippen LogP contribution in [0.4, 0.5) is 0 Å². The first-order chi connectivity index (χ1) is 32.2. The van der Waals surface area contributed by atoms with E-state index in [2.05, 4.69) is 199 Å². The van der Waals surface area contributed by atoms with Crippen LogP contribution < -0.4 is 4.74 Å². The van der Waals surface area contributed by atoms with Crippen molar-refractivity contribution in [2.75, 3.05) is 6.61 Å². The molecule has 10 aromatic carbocycles. The maximum atomic E-state index is 6.71. The molecule has 304 valence electrons. The highest BCUT2D eigenvalue weighted by Gasteiger charge is 2.26. The summed E-state index contributed by atoms with van der Waals surface area (Å²) in [6.07, 6.45) is 0.742. The standard InChI is InChI=1S/C59H36N4OS/c1-2-13-37-29-41(22-21-35(37)11-1)57-60-58(42-24-25-46-45-18-8-10-20-54(45)65-55(46)33-42)62-59(61-57)50-34-48-40(27-28-64-56-43-16-6-5-12-36(43)23-26-47(48)56)32-53(50)63-51-19-9-7-17-44(51)49-30-38-14-3-4-15-39(38)31-52(49)63/h1-26,29-34H,27-28H2. The third-order valence-corrected chi connectivity index (χ3v) is 14.4. The molecular weight excluding hydrogens is 813 g/mol. The van der Waals surface area contributed by atoms with Gasteiger partial charge < -0.3 is 9.30 Å². The fourth-order valence-electron chi connectivity index (χ4n) is 10.2. The normalized spacial score (nSPS) is 12.6. The minimum Gasteiger partial charge on any atom is -0.492 e. The average Bonchev–Trinajstić information content (AvgIpc) is 3.83. The van der Waals surface area contributed by atoms with Crippen LogP contribution in [0.2, 0.25) is 0 Å². The molecule has 0 aliphatic carbocycles. The van der Waals surface area contributed by atoms with Gasteiger partial charge in [0.2, 0.25) is 0 Å². The lowest BCUT2D eigenvalue weighted by atomic mass is 9.92. The number of thiophene rings is 1. The molecule has 4 heterocycles. The molecule has 6 heteroatoms. The van der Waals surface area contributed by atoms with E-state index in [0.29, 0.717) is 24.1 Å². The van der Waals surface area contributed by atoms with Crippen LogP contribution in [-0.4, -0.2) is 26.1 Å². The Bertz CT molecular complexity index is 4130. The summed E-state index contributed by atoms with van der Waals surface area (Å²) in [5.41, 5.74) is 9.44. The first kappa shape index (κ1) is 36.3. The van der Waals surface area contributed by atoms with Gasteiger partial charge in [-0.05, 0) is 86.6 Å². The highest BCUT2D eigenvalue weighted by atomic mass is 32.1. The quantitative estimate of drug-likeness (QED) is 0.177. The van der Waals surface area contributed by atoms with Gasteiger partial charge in [-0.2, -0.15) is 0 Å². The SMILES string of the molecule is c1ccc2cc(-c3nc(-c4ccc5c(c4)sc4ccccc45)nc(-c4cc5c(cc4-n4c6ccccc6c6cc7ccccc7cc64)CCOc4c-5ccc5ccccc45)n3)ccc2c1. The van der Waals surface area contributed by atoms with E-state index in [9.17, 15) is 0 Å². The summed E-state index contributed by atoms with van der Waals surface area (Å²) in [6, 6.07) is 69.9. The zero-order chi connectivity index (χ0) is 42.6. The molecule has 5 nitrogen and oxygen atoms in total. The molecule has 0 saturated carbocycles. The number of nitrogens with zero attached hydrogens (tertiary/aromatic N) is 4. The predicted molar refractivity (Wildman–Crippen MR) is 271 cm³/mol. The molecule has 14 rings (SSSR count). The minimum absolute atomic E-state index is 0.562. The molecule has 65 heavy (non-hydrogen) atoms. The second kappa shape index (κ2) is 14.2. The summed E-state index contributed by atoms with van der Waals surface area (Å²) in [5, 5.41) is 11.8. The van der Waals surface area contributed by atoms with Crippen LogP contribution in [-0.2, 0) is 6.42 Å². The summed E-state index contributed by atoms with van der Waals surface area (Å²) in [4.78, 5) is 16.3. The first-order valence-corrected chi connectivity index (χ1v) is 22.9. The molecule has 0 spiro atoms. The zero-order valence-electron chi connectivity index (χ0n) is 35.0. The number of hydrogen-bond donors (Lipinski definition) is 0. The summed E-state index contributed by atoms with van der Waals surface area (Å²) >= 11 is 1.80. The van der Waals surface area contributed by atoms with Crippen LogP contribution in [0, 0.1) is 0 Å². The van der Waals surface area contributed by atoms with Gasteiger partial charge >= 0.3 is 0 Å². The maximum absolute atomic E-state index is 6.71. The number of fused-ring (bicyclic) bond motifs is 13. The lowest BCUT2D eigenvalue weighted by Gasteiger charge is -2.19. The van der Waals surface area contributed by atoms with Crippen LogP contribution >= 0.6 is 11.3 Å². The molecule has 0 fully saturated rings. The fourth-order valence-corrected chi connectivity index (χ4v) is 11.3. The van der Waals surface area contributed by atoms with Crippen molar-refractivity contribution in [2.24, 2.45) is 0 Å². The van der Waals surface area contributed by atoms with Crippen LogP contribution in [0.1, 0.15) is 5.56 Å². The van der Waals surface area contributed by atoms with Gasteiger partial charge in [0.15, 0.2) is 17.5 Å². The average molecular weight is 849 g/mol. The number of ether oxygens (including phenoxy) is 1. The molecule has 0 N–H and O–H groups in total. The van der Waals surface area contributed by atoms with Crippen LogP contribution in [0.5, 0.6) is 5.75 Å². The highest BCUT2D eigenvalue weighted by molar-refractivity contribution is 7.25. The molecule has 0 unspecified atom stereocenters. The Morgan fingerprint density at radius 2 is 1.03 bits per heavy atom. The predicted octanol–water partition coefficient (Wildman–Crippen LogP) is 15.4. The van der Waals surface area contributed by atoms with Crippen LogP contribution in [0.3, 0.4) is 0 Å². The monoisotopic (exact) mass is 848 g/mol. The van der Waals surface area contributed by atoms with Gasteiger partial charge in [0.25, 0.3) is 0 Å². The van der Waals surface area contributed by atoms with Gasteiger partial charge in [0, 0.05) is 65.0 Å². The Morgan fingerprint density at radius 1 is 0.400 bits per heavy atom. The third kappa shape index (κ3) is 5.74. The van der Waals surface area contributed by atoms with E-state index in [4.69, 9.17) is 19.7 Å². The maximum Gasteiger partial charge on any atom is 0.166 e. The third-order valence-electron chi connectivity index (χ3n) is 13.3. The van der Waals surface area contributed by atoms with Crippen molar-refractivity contribution in [3.05, 3.63) is 200 Å². The largest absolute Gasteiger partial charge is 0.492 e. The van der Waals surface area contributed by atoms with Crippen molar-refractivity contribution >= 4 is 85.6 Å². The molecule has 0 amide bonds. The molecule has 0 bridgehead atoms. The van der Waals surface area contributed by atoms with E-state index in [0.717, 1.165) is 72.9 Å². The van der Waals surface area contributed by atoms with Gasteiger partial charge in [-0.25, -0.2) is 15.0 Å². The van der Waals surface area contributed by atoms with Crippen molar-refractivity contribution in [1.29, 1.82) is 0 Å². The topological polar surface area (TPSA) is 52.8 Å². The van der Waals surface area contributed by atoms with E-state index in [1.165, 1.54) is 52.7 Å². The Morgan fingerprint density at radius 3 is 1.88 bits per heavy atom.